The standard InChI is InChI=1S/C18H21FN2O2/c1-12-8-9-17(23-3)15(10-12)13(2)21-18(22)20-11-14-6-4-5-7-16(14)19/h4-10,13H,11H2,1-3H3,(H2,20,21,22). The molecule has 0 bridgehead atoms. The van der Waals surface area contributed by atoms with Crippen LogP contribution in [0.5, 0.6) is 5.75 Å². The van der Waals surface area contributed by atoms with Crippen molar-refractivity contribution in [3.63, 3.8) is 0 Å². The van der Waals surface area contributed by atoms with Crippen LogP contribution in [0.3, 0.4) is 0 Å². The first-order valence-corrected chi connectivity index (χ1v) is 7.43. The highest BCUT2D eigenvalue weighted by atomic mass is 19.1. The van der Waals surface area contributed by atoms with Gasteiger partial charge in [0.25, 0.3) is 0 Å². The SMILES string of the molecule is COc1ccc(C)cc1C(C)NC(=O)NCc1ccccc1F. The largest absolute Gasteiger partial charge is 0.496 e. The number of hydrogen-bond acceptors (Lipinski definition) is 2. The summed E-state index contributed by atoms with van der Waals surface area (Å²) in [5, 5.41) is 5.50. The first-order valence-electron chi connectivity index (χ1n) is 7.43. The number of aryl methyl sites for hydroxylation is 1. The number of carbonyl (C=O) groups is 1. The van der Waals surface area contributed by atoms with Crippen molar-refractivity contribution in [3.8, 4) is 5.75 Å². The fourth-order valence-electron chi connectivity index (χ4n) is 2.33. The highest BCUT2D eigenvalue weighted by molar-refractivity contribution is 5.74. The van der Waals surface area contributed by atoms with Gasteiger partial charge in [0.2, 0.25) is 0 Å². The summed E-state index contributed by atoms with van der Waals surface area (Å²) < 4.78 is 18.8. The van der Waals surface area contributed by atoms with E-state index in [-0.39, 0.29) is 24.4 Å². The van der Waals surface area contributed by atoms with E-state index >= 15 is 0 Å². The van der Waals surface area contributed by atoms with Gasteiger partial charge in [0.1, 0.15) is 11.6 Å². The van der Waals surface area contributed by atoms with Crippen molar-refractivity contribution in [1.29, 1.82) is 0 Å². The highest BCUT2D eigenvalue weighted by Crippen LogP contribution is 2.25. The lowest BCUT2D eigenvalue weighted by atomic mass is 10.0. The van der Waals surface area contributed by atoms with E-state index < -0.39 is 0 Å². The summed E-state index contributed by atoms with van der Waals surface area (Å²) >= 11 is 0. The van der Waals surface area contributed by atoms with Crippen LogP contribution < -0.4 is 15.4 Å². The van der Waals surface area contributed by atoms with Gasteiger partial charge >= 0.3 is 6.03 Å². The minimum atomic E-state index is -0.357. The molecule has 2 amide bonds. The van der Waals surface area contributed by atoms with Crippen LogP contribution in [0.25, 0.3) is 0 Å². The Morgan fingerprint density at radius 1 is 1.26 bits per heavy atom. The second-order valence-electron chi connectivity index (χ2n) is 5.39. The number of benzene rings is 2. The number of amides is 2. The van der Waals surface area contributed by atoms with Crippen LogP contribution in [0.1, 0.15) is 29.7 Å². The summed E-state index contributed by atoms with van der Waals surface area (Å²) in [6.07, 6.45) is 0. The average Bonchev–Trinajstić information content (AvgIpc) is 2.54. The molecule has 1 atom stereocenters. The van der Waals surface area contributed by atoms with Crippen LogP contribution in [-0.4, -0.2) is 13.1 Å². The summed E-state index contributed by atoms with van der Waals surface area (Å²) in [7, 11) is 1.60. The van der Waals surface area contributed by atoms with E-state index in [0.717, 1.165) is 16.9 Å². The van der Waals surface area contributed by atoms with E-state index in [9.17, 15) is 9.18 Å². The predicted octanol–water partition coefficient (Wildman–Crippen LogP) is 3.70. The molecule has 0 fully saturated rings. The molecule has 0 heterocycles. The molecule has 2 N–H and O–H groups in total. The van der Waals surface area contributed by atoms with Crippen molar-refractivity contribution in [2.45, 2.75) is 26.4 Å². The van der Waals surface area contributed by atoms with Crippen molar-refractivity contribution >= 4 is 6.03 Å². The van der Waals surface area contributed by atoms with Crippen LogP contribution in [0, 0.1) is 12.7 Å². The maximum atomic E-state index is 13.5. The number of nitrogens with one attached hydrogen (secondary N) is 2. The van der Waals surface area contributed by atoms with E-state index in [1.807, 2.05) is 32.0 Å². The van der Waals surface area contributed by atoms with Gasteiger partial charge < -0.3 is 15.4 Å². The summed E-state index contributed by atoms with van der Waals surface area (Å²) in [5.41, 5.74) is 2.43. The van der Waals surface area contributed by atoms with Gasteiger partial charge in [-0.3, -0.25) is 0 Å². The molecule has 5 heteroatoms. The van der Waals surface area contributed by atoms with E-state index in [4.69, 9.17) is 4.74 Å². The van der Waals surface area contributed by atoms with Crippen LogP contribution >= 0.6 is 0 Å². The smallest absolute Gasteiger partial charge is 0.315 e. The van der Waals surface area contributed by atoms with Crippen molar-refractivity contribution in [2.24, 2.45) is 0 Å². The summed E-state index contributed by atoms with van der Waals surface area (Å²) in [4.78, 5) is 12.0. The third kappa shape index (κ3) is 4.45. The van der Waals surface area contributed by atoms with Gasteiger partial charge in [-0.1, -0.05) is 35.9 Å². The van der Waals surface area contributed by atoms with Gasteiger partial charge in [-0.15, -0.1) is 0 Å². The van der Waals surface area contributed by atoms with Gasteiger partial charge in [-0.25, -0.2) is 9.18 Å². The molecule has 0 saturated carbocycles. The van der Waals surface area contributed by atoms with Crippen molar-refractivity contribution in [2.75, 3.05) is 7.11 Å². The highest BCUT2D eigenvalue weighted by Gasteiger charge is 2.14. The molecule has 0 saturated heterocycles. The first-order chi connectivity index (χ1) is 11.0. The maximum absolute atomic E-state index is 13.5. The van der Waals surface area contributed by atoms with Crippen LogP contribution in [0.4, 0.5) is 9.18 Å². The number of hydrogen-bond donors (Lipinski definition) is 2. The summed E-state index contributed by atoms with van der Waals surface area (Å²) in [5.74, 6) is 0.388. The van der Waals surface area contributed by atoms with Gasteiger partial charge in [-0.05, 0) is 26.0 Å². The molecule has 0 spiro atoms. The topological polar surface area (TPSA) is 50.4 Å². The van der Waals surface area contributed by atoms with E-state index in [2.05, 4.69) is 10.6 Å². The van der Waals surface area contributed by atoms with E-state index in [0.29, 0.717) is 5.56 Å². The Kier molecular flexibility index (Phi) is 5.57. The monoisotopic (exact) mass is 316 g/mol. The Morgan fingerprint density at radius 3 is 2.70 bits per heavy atom. The fraction of sp³-hybridized carbons (Fsp3) is 0.278. The van der Waals surface area contributed by atoms with E-state index in [1.54, 1.807) is 25.3 Å². The van der Waals surface area contributed by atoms with Gasteiger partial charge in [0.15, 0.2) is 0 Å². The molecule has 0 aromatic heterocycles. The lowest BCUT2D eigenvalue weighted by Gasteiger charge is -2.18. The van der Waals surface area contributed by atoms with Gasteiger partial charge in [0.05, 0.1) is 13.2 Å². The predicted molar refractivity (Wildman–Crippen MR) is 87.9 cm³/mol. The second kappa shape index (κ2) is 7.63. The lowest BCUT2D eigenvalue weighted by Crippen LogP contribution is -2.36. The Morgan fingerprint density at radius 2 is 2.00 bits per heavy atom. The van der Waals surface area contributed by atoms with Crippen molar-refractivity contribution in [3.05, 3.63) is 65.0 Å². The van der Waals surface area contributed by atoms with Crippen LogP contribution in [0.15, 0.2) is 42.5 Å². The molecule has 2 aromatic rings. The molecular weight excluding hydrogens is 295 g/mol. The molecule has 0 radical (unpaired) electrons. The molecule has 0 aliphatic carbocycles. The Hall–Kier alpha value is -2.56. The van der Waals surface area contributed by atoms with Crippen molar-refractivity contribution < 1.29 is 13.9 Å². The normalized spacial score (nSPS) is 11.7. The Labute approximate surface area is 135 Å². The Bertz CT molecular complexity index is 688. The Balaban J connectivity index is 1.97. The van der Waals surface area contributed by atoms with Crippen molar-refractivity contribution in [1.82, 2.24) is 10.6 Å². The number of rotatable bonds is 5. The van der Waals surface area contributed by atoms with Gasteiger partial charge in [-0.2, -0.15) is 0 Å². The first kappa shape index (κ1) is 16.8. The zero-order valence-corrected chi connectivity index (χ0v) is 13.5. The molecule has 1 unspecified atom stereocenters. The average molecular weight is 316 g/mol. The third-order valence-corrected chi connectivity index (χ3v) is 3.60. The number of urea groups is 1. The molecule has 0 aliphatic heterocycles. The zero-order chi connectivity index (χ0) is 16.8. The molecule has 2 aromatic carbocycles. The fourth-order valence-corrected chi connectivity index (χ4v) is 2.33. The number of ether oxygens (including phenoxy) is 1. The molecule has 122 valence electrons. The zero-order valence-electron chi connectivity index (χ0n) is 13.5. The van der Waals surface area contributed by atoms with Gasteiger partial charge in [0, 0.05) is 17.7 Å². The minimum Gasteiger partial charge on any atom is -0.496 e. The number of carbonyl (C=O) groups excluding carboxylic acids is 1. The molecule has 2 rings (SSSR count). The second-order valence-corrected chi connectivity index (χ2v) is 5.39. The number of halogens is 1. The summed E-state index contributed by atoms with van der Waals surface area (Å²) in [6, 6.07) is 11.6. The maximum Gasteiger partial charge on any atom is 0.315 e. The number of methoxy groups -OCH3 is 1. The molecule has 0 aliphatic rings. The molecule has 23 heavy (non-hydrogen) atoms. The lowest BCUT2D eigenvalue weighted by molar-refractivity contribution is 0.237. The third-order valence-electron chi connectivity index (χ3n) is 3.60. The summed E-state index contributed by atoms with van der Waals surface area (Å²) in [6.45, 7) is 3.99. The minimum absolute atomic E-state index is 0.135. The van der Waals surface area contributed by atoms with Crippen LogP contribution in [0.2, 0.25) is 0 Å². The molecular formula is C18H21FN2O2. The van der Waals surface area contributed by atoms with Crippen LogP contribution in [-0.2, 0) is 6.54 Å². The van der Waals surface area contributed by atoms with E-state index in [1.165, 1.54) is 6.07 Å². The molecule has 4 nitrogen and oxygen atoms in total. The quantitative estimate of drug-likeness (QED) is 0.883.